The Kier molecular flexibility index (Phi) is 6.26. The Hall–Kier alpha value is -1.14. The third-order valence-electron chi connectivity index (χ3n) is 3.98. The maximum atomic E-state index is 13.4. The number of carbonyl (C=O) groups excluding carboxylic acids is 1. The van der Waals surface area contributed by atoms with E-state index in [2.05, 4.69) is 20.8 Å². The number of benzene rings is 1. The van der Waals surface area contributed by atoms with Crippen molar-refractivity contribution in [3.05, 3.63) is 34.1 Å². The summed E-state index contributed by atoms with van der Waals surface area (Å²) in [5, 5.41) is 0. The first-order valence-corrected chi connectivity index (χ1v) is 9.10. The van der Waals surface area contributed by atoms with E-state index in [-0.39, 0.29) is 18.0 Å². The number of halogens is 2. The molecular weight excluding hydrogens is 375 g/mol. The van der Waals surface area contributed by atoms with E-state index in [9.17, 15) is 9.18 Å². The fourth-order valence-electron chi connectivity index (χ4n) is 2.87. The van der Waals surface area contributed by atoms with Gasteiger partial charge in [-0.3, -0.25) is 4.90 Å². The minimum absolute atomic E-state index is 0.104. The predicted molar refractivity (Wildman–Crippen MR) is 96.6 cm³/mol. The molecule has 0 bridgehead atoms. The van der Waals surface area contributed by atoms with Gasteiger partial charge in [-0.05, 0) is 57.9 Å². The lowest BCUT2D eigenvalue weighted by Crippen LogP contribution is -2.55. The van der Waals surface area contributed by atoms with Crippen LogP contribution in [0.5, 0.6) is 0 Å². The molecule has 0 radical (unpaired) electrons. The monoisotopic (exact) mass is 400 g/mol. The van der Waals surface area contributed by atoms with E-state index in [1.165, 1.54) is 6.07 Å². The van der Waals surface area contributed by atoms with E-state index in [1.807, 2.05) is 33.8 Å². The number of rotatable bonds is 3. The van der Waals surface area contributed by atoms with E-state index < -0.39 is 5.60 Å². The molecule has 0 N–H and O–H groups in total. The van der Waals surface area contributed by atoms with E-state index in [0.29, 0.717) is 6.54 Å². The second kappa shape index (κ2) is 7.83. The van der Waals surface area contributed by atoms with Gasteiger partial charge in [-0.15, -0.1) is 0 Å². The van der Waals surface area contributed by atoms with Crippen LogP contribution in [0.4, 0.5) is 9.18 Å². The fraction of sp³-hybridized carbons (Fsp3) is 0.611. The van der Waals surface area contributed by atoms with Crippen molar-refractivity contribution in [1.29, 1.82) is 0 Å². The van der Waals surface area contributed by atoms with Crippen LogP contribution >= 0.6 is 15.9 Å². The smallest absolute Gasteiger partial charge is 0.410 e. The third-order valence-corrected chi connectivity index (χ3v) is 4.44. The van der Waals surface area contributed by atoms with Gasteiger partial charge in [0.25, 0.3) is 0 Å². The molecular formula is C18H26BrFN2O2. The first-order chi connectivity index (χ1) is 11.1. The molecule has 0 aromatic heterocycles. The molecule has 6 heteroatoms. The maximum Gasteiger partial charge on any atom is 0.410 e. The van der Waals surface area contributed by atoms with Gasteiger partial charge in [-0.25, -0.2) is 9.18 Å². The number of carbonyl (C=O) groups is 1. The van der Waals surface area contributed by atoms with Crippen molar-refractivity contribution >= 4 is 22.0 Å². The standard InChI is InChI=1S/C18H26BrFN2O2/c1-13-12-21(6-5-14-9-15(19)11-16(20)10-14)7-8-22(13)17(23)24-18(2,3)4/h9-11,13H,5-8,12H2,1-4H3. The molecule has 0 spiro atoms. The van der Waals surface area contributed by atoms with Crippen LogP contribution in [0.15, 0.2) is 22.7 Å². The molecule has 1 aromatic rings. The Morgan fingerprint density at radius 2 is 2.04 bits per heavy atom. The van der Waals surface area contributed by atoms with Crippen LogP contribution in [0.3, 0.4) is 0 Å². The highest BCUT2D eigenvalue weighted by atomic mass is 79.9. The summed E-state index contributed by atoms with van der Waals surface area (Å²) < 4.78 is 19.7. The number of amides is 1. The highest BCUT2D eigenvalue weighted by molar-refractivity contribution is 9.10. The Balaban J connectivity index is 1.85. The third kappa shape index (κ3) is 5.74. The van der Waals surface area contributed by atoms with Crippen molar-refractivity contribution < 1.29 is 13.9 Å². The quantitative estimate of drug-likeness (QED) is 0.766. The molecule has 1 aliphatic heterocycles. The molecule has 1 unspecified atom stereocenters. The highest BCUT2D eigenvalue weighted by Crippen LogP contribution is 2.18. The lowest BCUT2D eigenvalue weighted by atomic mass is 10.1. The minimum Gasteiger partial charge on any atom is -0.444 e. The summed E-state index contributed by atoms with van der Waals surface area (Å²) in [5.74, 6) is -0.220. The second-order valence-corrected chi connectivity index (χ2v) is 8.27. The molecule has 1 heterocycles. The molecule has 24 heavy (non-hydrogen) atoms. The van der Waals surface area contributed by atoms with Gasteiger partial charge in [0.15, 0.2) is 0 Å². The van der Waals surface area contributed by atoms with Crippen LogP contribution in [-0.2, 0) is 11.2 Å². The van der Waals surface area contributed by atoms with Crippen molar-refractivity contribution in [1.82, 2.24) is 9.80 Å². The van der Waals surface area contributed by atoms with E-state index >= 15 is 0 Å². The zero-order valence-corrected chi connectivity index (χ0v) is 16.4. The van der Waals surface area contributed by atoms with E-state index in [0.717, 1.165) is 36.1 Å². The summed E-state index contributed by atoms with van der Waals surface area (Å²) >= 11 is 3.32. The van der Waals surface area contributed by atoms with Crippen molar-refractivity contribution in [2.24, 2.45) is 0 Å². The molecule has 2 rings (SSSR count). The molecule has 1 amide bonds. The molecule has 1 aliphatic rings. The minimum atomic E-state index is -0.474. The first kappa shape index (κ1) is 19.2. The van der Waals surface area contributed by atoms with Crippen molar-refractivity contribution in [3.8, 4) is 0 Å². The van der Waals surface area contributed by atoms with Gasteiger partial charge in [0.2, 0.25) is 0 Å². The van der Waals surface area contributed by atoms with Gasteiger partial charge in [0.05, 0.1) is 0 Å². The molecule has 134 valence electrons. The summed E-state index contributed by atoms with van der Waals surface area (Å²) in [4.78, 5) is 16.3. The van der Waals surface area contributed by atoms with Gasteiger partial charge in [-0.1, -0.05) is 15.9 Å². The van der Waals surface area contributed by atoms with Gasteiger partial charge < -0.3 is 9.64 Å². The summed E-state index contributed by atoms with van der Waals surface area (Å²) in [7, 11) is 0. The molecule has 0 saturated carbocycles. The molecule has 1 fully saturated rings. The van der Waals surface area contributed by atoms with Gasteiger partial charge in [0, 0.05) is 36.7 Å². The van der Waals surface area contributed by atoms with Gasteiger partial charge >= 0.3 is 6.09 Å². The van der Waals surface area contributed by atoms with Crippen LogP contribution < -0.4 is 0 Å². The molecule has 1 aromatic carbocycles. The van der Waals surface area contributed by atoms with Gasteiger partial charge in [0.1, 0.15) is 11.4 Å². The normalized spacial score (nSPS) is 19.4. The van der Waals surface area contributed by atoms with Crippen LogP contribution in [-0.4, -0.2) is 53.7 Å². The maximum absolute atomic E-state index is 13.4. The Bertz CT molecular complexity index is 569. The molecule has 1 atom stereocenters. The lowest BCUT2D eigenvalue weighted by molar-refractivity contribution is 0.00162. The fourth-order valence-corrected chi connectivity index (χ4v) is 3.38. The number of nitrogens with zero attached hydrogens (tertiary/aromatic N) is 2. The average Bonchev–Trinajstić information content (AvgIpc) is 2.42. The highest BCUT2D eigenvalue weighted by Gasteiger charge is 2.30. The number of hydrogen-bond acceptors (Lipinski definition) is 3. The molecule has 0 aliphatic carbocycles. The van der Waals surface area contributed by atoms with Crippen LogP contribution in [0.2, 0.25) is 0 Å². The number of ether oxygens (including phenoxy) is 1. The Morgan fingerprint density at radius 3 is 2.62 bits per heavy atom. The zero-order chi connectivity index (χ0) is 17.9. The average molecular weight is 401 g/mol. The number of piperazine rings is 1. The van der Waals surface area contributed by atoms with Crippen LogP contribution in [0.1, 0.15) is 33.3 Å². The first-order valence-electron chi connectivity index (χ1n) is 8.31. The van der Waals surface area contributed by atoms with Crippen molar-refractivity contribution in [3.63, 3.8) is 0 Å². The van der Waals surface area contributed by atoms with Crippen LogP contribution in [0, 0.1) is 5.82 Å². The summed E-state index contributed by atoms with van der Waals surface area (Å²) in [5.41, 5.74) is 0.503. The van der Waals surface area contributed by atoms with Gasteiger partial charge in [-0.2, -0.15) is 0 Å². The van der Waals surface area contributed by atoms with Crippen molar-refractivity contribution in [2.75, 3.05) is 26.2 Å². The topological polar surface area (TPSA) is 32.8 Å². The Labute approximate surface area is 152 Å². The Morgan fingerprint density at radius 1 is 1.33 bits per heavy atom. The van der Waals surface area contributed by atoms with Crippen LogP contribution in [0.25, 0.3) is 0 Å². The summed E-state index contributed by atoms with van der Waals surface area (Å²) in [6.07, 6.45) is 0.541. The molecule has 4 nitrogen and oxygen atoms in total. The van der Waals surface area contributed by atoms with Crippen molar-refractivity contribution in [2.45, 2.75) is 45.8 Å². The predicted octanol–water partition coefficient (Wildman–Crippen LogP) is 4.07. The lowest BCUT2D eigenvalue weighted by Gasteiger charge is -2.40. The largest absolute Gasteiger partial charge is 0.444 e. The van der Waals surface area contributed by atoms with E-state index in [1.54, 1.807) is 11.0 Å². The zero-order valence-electron chi connectivity index (χ0n) is 14.8. The molecule has 1 saturated heterocycles. The summed E-state index contributed by atoms with van der Waals surface area (Å²) in [6, 6.07) is 5.09. The second-order valence-electron chi connectivity index (χ2n) is 7.35. The number of hydrogen-bond donors (Lipinski definition) is 0. The summed E-state index contributed by atoms with van der Waals surface area (Å²) in [6.45, 7) is 10.8. The van der Waals surface area contributed by atoms with E-state index in [4.69, 9.17) is 4.74 Å². The SMILES string of the molecule is CC1CN(CCc2cc(F)cc(Br)c2)CCN1C(=O)OC(C)(C)C.